The summed E-state index contributed by atoms with van der Waals surface area (Å²) in [6.45, 7) is 6.12. The predicted octanol–water partition coefficient (Wildman–Crippen LogP) is 5.30. The maximum atomic E-state index is 12.8. The van der Waals surface area contributed by atoms with E-state index in [0.717, 1.165) is 24.5 Å². The minimum atomic E-state index is -0.449. The van der Waals surface area contributed by atoms with E-state index in [4.69, 9.17) is 4.42 Å². The first-order valence-electron chi connectivity index (χ1n) is 9.21. The van der Waals surface area contributed by atoms with Crippen LogP contribution in [0, 0.1) is 0 Å². The van der Waals surface area contributed by atoms with Gasteiger partial charge in [0.2, 0.25) is 5.43 Å². The molecule has 1 aromatic heterocycles. The van der Waals surface area contributed by atoms with Crippen molar-refractivity contribution in [1.29, 1.82) is 0 Å². The zero-order chi connectivity index (χ0) is 20.4. The number of phenols is 3. The quantitative estimate of drug-likeness (QED) is 0.413. The highest BCUT2D eigenvalue weighted by Gasteiger charge is 2.19. The summed E-state index contributed by atoms with van der Waals surface area (Å²) in [5.74, 6) is -0.672. The van der Waals surface area contributed by atoms with Crippen molar-refractivity contribution < 1.29 is 19.7 Å². The Bertz CT molecular complexity index is 1160. The highest BCUT2D eigenvalue weighted by atomic mass is 16.4. The molecule has 2 aromatic carbocycles. The zero-order valence-corrected chi connectivity index (χ0v) is 16.2. The van der Waals surface area contributed by atoms with Gasteiger partial charge in [0.25, 0.3) is 0 Å². The predicted molar refractivity (Wildman–Crippen MR) is 111 cm³/mol. The number of hydrogen-bond donors (Lipinski definition) is 3. The lowest BCUT2D eigenvalue weighted by atomic mass is 10.0. The van der Waals surface area contributed by atoms with Crippen molar-refractivity contribution in [3.63, 3.8) is 0 Å². The van der Waals surface area contributed by atoms with Crippen LogP contribution in [0.3, 0.4) is 0 Å². The molecule has 28 heavy (non-hydrogen) atoms. The molecule has 0 radical (unpaired) electrons. The lowest BCUT2D eigenvalue weighted by molar-refractivity contribution is 0.446. The Morgan fingerprint density at radius 1 is 1.00 bits per heavy atom. The normalized spacial score (nSPS) is 11.9. The molecule has 1 heterocycles. The van der Waals surface area contributed by atoms with Crippen molar-refractivity contribution in [1.82, 2.24) is 0 Å². The fourth-order valence-electron chi connectivity index (χ4n) is 3.22. The first-order valence-corrected chi connectivity index (χ1v) is 9.21. The Balaban J connectivity index is 2.12. The Morgan fingerprint density at radius 2 is 1.75 bits per heavy atom. The van der Waals surface area contributed by atoms with Gasteiger partial charge >= 0.3 is 0 Å². The van der Waals surface area contributed by atoms with E-state index >= 15 is 0 Å². The number of rotatable bonds is 5. The third-order valence-electron chi connectivity index (χ3n) is 4.76. The molecular weight excluding hydrogens is 356 g/mol. The topological polar surface area (TPSA) is 90.9 Å². The number of phenolic OH excluding ortho intramolecular Hbond substituents is 3. The van der Waals surface area contributed by atoms with Crippen LogP contribution in [0.25, 0.3) is 21.9 Å². The monoisotopic (exact) mass is 380 g/mol. The van der Waals surface area contributed by atoms with E-state index in [2.05, 4.69) is 19.9 Å². The maximum Gasteiger partial charge on any atom is 0.204 e. The van der Waals surface area contributed by atoms with Crippen LogP contribution < -0.4 is 5.43 Å². The van der Waals surface area contributed by atoms with E-state index in [9.17, 15) is 20.1 Å². The summed E-state index contributed by atoms with van der Waals surface area (Å²) in [5.41, 5.74) is 2.49. The summed E-state index contributed by atoms with van der Waals surface area (Å²) < 4.78 is 5.79. The van der Waals surface area contributed by atoms with Crippen LogP contribution in [0.4, 0.5) is 0 Å². The lowest BCUT2D eigenvalue weighted by Crippen LogP contribution is -2.04. The van der Waals surface area contributed by atoms with E-state index in [1.54, 1.807) is 0 Å². The number of benzene rings is 2. The summed E-state index contributed by atoms with van der Waals surface area (Å²) in [5, 5.41) is 30.8. The first kappa shape index (κ1) is 19.5. The second-order valence-electron chi connectivity index (χ2n) is 7.26. The molecule has 3 N–H and O–H groups in total. The number of aromatic hydroxyl groups is 3. The van der Waals surface area contributed by atoms with Crippen LogP contribution in [0.5, 0.6) is 17.2 Å². The molecule has 0 aliphatic carbocycles. The second kappa shape index (κ2) is 7.80. The molecule has 5 nitrogen and oxygen atoms in total. The van der Waals surface area contributed by atoms with Gasteiger partial charge < -0.3 is 19.7 Å². The number of fused-ring (bicyclic) bond motifs is 2. The Kier molecular flexibility index (Phi) is 5.45. The van der Waals surface area contributed by atoms with Gasteiger partial charge in [0.1, 0.15) is 22.5 Å². The molecule has 0 bridgehead atoms. The minimum Gasteiger partial charge on any atom is -0.507 e. The standard InChI is InChI=1S/C23H24O5/c1-13(2)6-4-7-14(3)10-11-15-18(25)12-19(26)20-21(27)16-8-5-9-17(24)22(16)28-23(15)20/h5-6,8-10,12,24-26H,4,7,11H2,1-3H3/b14-10-. The van der Waals surface area contributed by atoms with Crippen LogP contribution in [0.15, 0.2) is 56.8 Å². The molecule has 5 heteroatoms. The Hall–Kier alpha value is -3.21. The minimum absolute atomic E-state index is 0.00138. The van der Waals surface area contributed by atoms with Crippen molar-refractivity contribution in [3.8, 4) is 17.2 Å². The van der Waals surface area contributed by atoms with Gasteiger partial charge in [-0.05, 0) is 52.2 Å². The van der Waals surface area contributed by atoms with Gasteiger partial charge in [0.15, 0.2) is 11.3 Å². The van der Waals surface area contributed by atoms with Crippen LogP contribution in [0.2, 0.25) is 0 Å². The number of hydrogen-bond acceptors (Lipinski definition) is 5. The van der Waals surface area contributed by atoms with E-state index in [1.807, 2.05) is 13.0 Å². The van der Waals surface area contributed by atoms with Crippen LogP contribution in [0.1, 0.15) is 39.2 Å². The van der Waals surface area contributed by atoms with E-state index in [0.29, 0.717) is 12.0 Å². The molecule has 0 saturated heterocycles. The van der Waals surface area contributed by atoms with Gasteiger partial charge in [0.05, 0.1) is 5.39 Å². The molecule has 0 unspecified atom stereocenters. The molecule has 3 aromatic rings. The fourth-order valence-corrected chi connectivity index (χ4v) is 3.22. The maximum absolute atomic E-state index is 12.8. The zero-order valence-electron chi connectivity index (χ0n) is 16.2. The average molecular weight is 380 g/mol. The smallest absolute Gasteiger partial charge is 0.204 e. The summed E-state index contributed by atoms with van der Waals surface area (Å²) >= 11 is 0. The fraction of sp³-hybridized carbons (Fsp3) is 0.261. The van der Waals surface area contributed by atoms with Crippen LogP contribution >= 0.6 is 0 Å². The SMILES string of the molecule is CC(C)=CCC/C(C)=C\Cc1c(O)cc(O)c2c(=O)c3cccc(O)c3oc12. The third kappa shape index (κ3) is 3.74. The Labute approximate surface area is 162 Å². The summed E-state index contributed by atoms with van der Waals surface area (Å²) in [6.07, 6.45) is 6.29. The van der Waals surface area contributed by atoms with Gasteiger partial charge in [0, 0.05) is 11.6 Å². The highest BCUT2D eigenvalue weighted by molar-refractivity contribution is 5.97. The van der Waals surface area contributed by atoms with Crippen molar-refractivity contribution in [2.75, 3.05) is 0 Å². The molecule has 0 spiro atoms. The second-order valence-corrected chi connectivity index (χ2v) is 7.26. The highest BCUT2D eigenvalue weighted by Crippen LogP contribution is 2.36. The summed E-state index contributed by atoms with van der Waals surface area (Å²) in [4.78, 5) is 12.8. The lowest BCUT2D eigenvalue weighted by Gasteiger charge is -2.10. The van der Waals surface area contributed by atoms with Gasteiger partial charge in [-0.25, -0.2) is 0 Å². The third-order valence-corrected chi connectivity index (χ3v) is 4.76. The molecule has 0 amide bonds. The molecular formula is C23H24O5. The number of para-hydroxylation sites is 1. The van der Waals surface area contributed by atoms with Gasteiger partial charge in [-0.3, -0.25) is 4.79 Å². The van der Waals surface area contributed by atoms with Gasteiger partial charge in [-0.1, -0.05) is 29.4 Å². The average Bonchev–Trinajstić information content (AvgIpc) is 2.61. The molecule has 146 valence electrons. The van der Waals surface area contributed by atoms with E-state index < -0.39 is 5.43 Å². The summed E-state index contributed by atoms with van der Waals surface area (Å²) in [7, 11) is 0. The molecule has 0 aliphatic rings. The first-order chi connectivity index (χ1) is 13.3. The van der Waals surface area contributed by atoms with Gasteiger partial charge in [-0.15, -0.1) is 0 Å². The Morgan fingerprint density at radius 3 is 2.46 bits per heavy atom. The molecule has 0 atom stereocenters. The molecule has 0 fully saturated rings. The van der Waals surface area contributed by atoms with Crippen molar-refractivity contribution in [2.45, 2.75) is 40.0 Å². The van der Waals surface area contributed by atoms with E-state index in [1.165, 1.54) is 23.8 Å². The van der Waals surface area contributed by atoms with E-state index in [-0.39, 0.29) is 39.2 Å². The molecule has 3 rings (SSSR count). The molecule has 0 saturated carbocycles. The largest absolute Gasteiger partial charge is 0.507 e. The molecule has 0 aliphatic heterocycles. The van der Waals surface area contributed by atoms with Crippen LogP contribution in [-0.2, 0) is 6.42 Å². The van der Waals surface area contributed by atoms with Crippen molar-refractivity contribution >= 4 is 21.9 Å². The van der Waals surface area contributed by atoms with Crippen LogP contribution in [-0.4, -0.2) is 15.3 Å². The van der Waals surface area contributed by atoms with Gasteiger partial charge in [-0.2, -0.15) is 0 Å². The van der Waals surface area contributed by atoms with Crippen molar-refractivity contribution in [3.05, 3.63) is 63.4 Å². The summed E-state index contributed by atoms with van der Waals surface area (Å²) in [6, 6.07) is 5.65. The number of allylic oxidation sites excluding steroid dienone is 4. The van der Waals surface area contributed by atoms with Crippen molar-refractivity contribution in [2.24, 2.45) is 0 Å².